The van der Waals surface area contributed by atoms with Crippen molar-refractivity contribution in [2.24, 2.45) is 5.92 Å². The molecule has 5 heterocycles. The number of hydrogen-bond donors (Lipinski definition) is 3. The lowest BCUT2D eigenvalue weighted by molar-refractivity contribution is -0.0272. The SMILES string of the molecule is Cc1cc(Nc2nc(NC3CC4CCC(C3)N4CCC#N)nc3cc(N(C)CC4COC4)ccc23)n[nH]1. The number of benzene rings is 1. The number of rotatable bonds is 9. The summed E-state index contributed by atoms with van der Waals surface area (Å²) in [5.74, 6) is 2.70. The van der Waals surface area contributed by atoms with Crippen molar-refractivity contribution in [2.75, 3.05) is 48.9 Å². The maximum absolute atomic E-state index is 9.04. The molecule has 2 bridgehead atoms. The van der Waals surface area contributed by atoms with Gasteiger partial charge in [-0.05, 0) is 50.8 Å². The second-order valence-corrected chi connectivity index (χ2v) is 10.8. The number of nitrogens with zero attached hydrogens (tertiary/aromatic N) is 6. The zero-order valence-electron chi connectivity index (χ0n) is 21.6. The molecule has 3 aromatic rings. The van der Waals surface area contributed by atoms with Crippen LogP contribution in [-0.2, 0) is 4.74 Å². The largest absolute Gasteiger partial charge is 0.381 e. The summed E-state index contributed by atoms with van der Waals surface area (Å²) in [5, 5.41) is 24.4. The van der Waals surface area contributed by atoms with Crippen LogP contribution in [0.25, 0.3) is 10.9 Å². The summed E-state index contributed by atoms with van der Waals surface area (Å²) < 4.78 is 5.36. The molecule has 3 aliphatic rings. The fraction of sp³-hybridized carbons (Fsp3) is 0.556. The maximum Gasteiger partial charge on any atom is 0.225 e. The van der Waals surface area contributed by atoms with Gasteiger partial charge in [-0.1, -0.05) is 0 Å². The van der Waals surface area contributed by atoms with Crippen LogP contribution in [-0.4, -0.2) is 76.5 Å². The Hall–Kier alpha value is -3.42. The van der Waals surface area contributed by atoms with Gasteiger partial charge in [0.25, 0.3) is 0 Å². The number of piperidine rings is 1. The van der Waals surface area contributed by atoms with E-state index in [-0.39, 0.29) is 0 Å². The molecule has 0 radical (unpaired) electrons. The van der Waals surface area contributed by atoms with E-state index in [0.717, 1.165) is 73.1 Å². The summed E-state index contributed by atoms with van der Waals surface area (Å²) in [7, 11) is 2.13. The van der Waals surface area contributed by atoms with Crippen molar-refractivity contribution in [1.29, 1.82) is 5.26 Å². The number of fused-ring (bicyclic) bond motifs is 3. The lowest BCUT2D eigenvalue weighted by Gasteiger charge is -2.38. The molecule has 0 aliphatic carbocycles. The molecule has 3 N–H and O–H groups in total. The van der Waals surface area contributed by atoms with Crippen molar-refractivity contribution in [2.45, 2.75) is 57.2 Å². The monoisotopic (exact) mass is 501 g/mol. The maximum atomic E-state index is 9.04. The Labute approximate surface area is 217 Å². The molecule has 2 aromatic heterocycles. The first-order valence-electron chi connectivity index (χ1n) is 13.3. The van der Waals surface area contributed by atoms with Gasteiger partial charge in [-0.2, -0.15) is 15.3 Å². The Morgan fingerprint density at radius 3 is 2.68 bits per heavy atom. The topological polar surface area (TPSA) is 118 Å². The van der Waals surface area contributed by atoms with Crippen molar-refractivity contribution in [3.8, 4) is 6.07 Å². The molecule has 37 heavy (non-hydrogen) atoms. The van der Waals surface area contributed by atoms with Crippen molar-refractivity contribution >= 4 is 34.2 Å². The summed E-state index contributed by atoms with van der Waals surface area (Å²) in [6.45, 7) is 5.50. The average molecular weight is 502 g/mol. The van der Waals surface area contributed by atoms with E-state index in [2.05, 4.69) is 61.9 Å². The van der Waals surface area contributed by atoms with Crippen LogP contribution in [0.5, 0.6) is 0 Å². The summed E-state index contributed by atoms with van der Waals surface area (Å²) in [6, 6.07) is 12.0. The van der Waals surface area contributed by atoms with Gasteiger partial charge in [0.05, 0.1) is 24.8 Å². The van der Waals surface area contributed by atoms with Gasteiger partial charge in [0, 0.05) is 73.4 Å². The summed E-state index contributed by atoms with van der Waals surface area (Å²) in [4.78, 5) is 14.7. The van der Waals surface area contributed by atoms with Crippen LogP contribution in [0.1, 0.15) is 37.8 Å². The van der Waals surface area contributed by atoms with E-state index in [1.807, 2.05) is 13.0 Å². The second-order valence-electron chi connectivity index (χ2n) is 10.8. The number of hydrogen-bond acceptors (Lipinski definition) is 9. The van der Waals surface area contributed by atoms with Gasteiger partial charge < -0.3 is 20.3 Å². The Morgan fingerprint density at radius 2 is 2.00 bits per heavy atom. The van der Waals surface area contributed by atoms with Crippen molar-refractivity contribution in [1.82, 2.24) is 25.1 Å². The highest BCUT2D eigenvalue weighted by atomic mass is 16.5. The van der Waals surface area contributed by atoms with Gasteiger partial charge in [-0.15, -0.1) is 0 Å². The molecular formula is C27H35N9O. The Balaban J connectivity index is 1.26. The zero-order chi connectivity index (χ0) is 25.4. The fourth-order valence-corrected chi connectivity index (χ4v) is 6.12. The van der Waals surface area contributed by atoms with Crippen LogP contribution in [0.3, 0.4) is 0 Å². The van der Waals surface area contributed by atoms with E-state index in [4.69, 9.17) is 20.0 Å². The molecule has 3 saturated heterocycles. The molecule has 10 heteroatoms. The van der Waals surface area contributed by atoms with Gasteiger partial charge in [-0.25, -0.2) is 4.98 Å². The predicted molar refractivity (Wildman–Crippen MR) is 144 cm³/mol. The molecule has 3 fully saturated rings. The average Bonchev–Trinajstić information content (AvgIpc) is 3.37. The molecule has 0 spiro atoms. The number of anilines is 4. The number of ether oxygens (including phenoxy) is 1. The van der Waals surface area contributed by atoms with Gasteiger partial charge in [0.1, 0.15) is 5.82 Å². The van der Waals surface area contributed by atoms with E-state index in [9.17, 15) is 0 Å². The van der Waals surface area contributed by atoms with E-state index in [1.165, 1.54) is 12.8 Å². The van der Waals surface area contributed by atoms with Crippen LogP contribution in [0.15, 0.2) is 24.3 Å². The number of H-pyrrole nitrogens is 1. The van der Waals surface area contributed by atoms with Gasteiger partial charge in [-0.3, -0.25) is 10.00 Å². The van der Waals surface area contributed by atoms with Gasteiger partial charge in [0.2, 0.25) is 5.95 Å². The fourth-order valence-electron chi connectivity index (χ4n) is 6.12. The minimum Gasteiger partial charge on any atom is -0.381 e. The smallest absolute Gasteiger partial charge is 0.225 e. The first-order valence-corrected chi connectivity index (χ1v) is 13.3. The number of nitrogens with one attached hydrogen (secondary N) is 3. The molecule has 6 rings (SSSR count). The van der Waals surface area contributed by atoms with Gasteiger partial charge >= 0.3 is 0 Å². The molecular weight excluding hydrogens is 466 g/mol. The molecule has 0 saturated carbocycles. The van der Waals surface area contributed by atoms with Crippen molar-refractivity contribution in [3.05, 3.63) is 30.0 Å². The molecule has 0 amide bonds. The quantitative estimate of drug-likeness (QED) is 0.402. The Bertz CT molecular complexity index is 1280. The summed E-state index contributed by atoms with van der Waals surface area (Å²) in [6.07, 6.45) is 5.12. The highest BCUT2D eigenvalue weighted by molar-refractivity contribution is 5.93. The Kier molecular flexibility index (Phi) is 6.57. The van der Waals surface area contributed by atoms with E-state index < -0.39 is 0 Å². The molecule has 2 atom stereocenters. The normalized spacial score (nSPS) is 23.5. The van der Waals surface area contributed by atoms with E-state index in [0.29, 0.717) is 36.4 Å². The number of aromatic nitrogens is 4. The Morgan fingerprint density at radius 1 is 1.19 bits per heavy atom. The summed E-state index contributed by atoms with van der Waals surface area (Å²) >= 11 is 0. The van der Waals surface area contributed by atoms with Crippen molar-refractivity contribution < 1.29 is 4.74 Å². The van der Waals surface area contributed by atoms with Crippen LogP contribution in [0.2, 0.25) is 0 Å². The minimum absolute atomic E-state index is 0.318. The number of aryl methyl sites for hydroxylation is 1. The third-order valence-electron chi connectivity index (χ3n) is 8.01. The van der Waals surface area contributed by atoms with Crippen LogP contribution in [0.4, 0.5) is 23.3 Å². The van der Waals surface area contributed by atoms with Gasteiger partial charge in [0.15, 0.2) is 5.82 Å². The molecule has 1 aromatic carbocycles. The predicted octanol–water partition coefficient (Wildman–Crippen LogP) is 3.81. The minimum atomic E-state index is 0.318. The van der Waals surface area contributed by atoms with Crippen LogP contribution in [0, 0.1) is 24.2 Å². The lowest BCUT2D eigenvalue weighted by Crippen LogP contribution is -2.47. The molecule has 194 valence electrons. The standard InChI is InChI=1S/C27H35N9O/c1-17-10-25(34-33-17)31-26-23-7-6-20(35(2)14-18-15-37-16-18)13-24(23)30-27(32-26)29-19-11-21-4-5-22(12-19)36(21)9-3-8-28/h6-7,10,13,18-19,21-22H,3-5,9,11-12,14-16H2,1-2H3,(H3,29,30,31,32,33,34). The third-order valence-corrected chi connectivity index (χ3v) is 8.01. The first kappa shape index (κ1) is 23.9. The van der Waals surface area contributed by atoms with E-state index >= 15 is 0 Å². The molecule has 3 aliphatic heterocycles. The highest BCUT2D eigenvalue weighted by Gasteiger charge is 2.40. The first-order chi connectivity index (χ1) is 18.1. The second kappa shape index (κ2) is 10.1. The van der Waals surface area contributed by atoms with Crippen LogP contribution >= 0.6 is 0 Å². The van der Waals surface area contributed by atoms with E-state index in [1.54, 1.807) is 0 Å². The third kappa shape index (κ3) is 5.06. The number of nitriles is 1. The molecule has 2 unspecified atom stereocenters. The molecule has 10 nitrogen and oxygen atoms in total. The summed E-state index contributed by atoms with van der Waals surface area (Å²) in [5.41, 5.74) is 3.02. The number of aromatic amines is 1. The van der Waals surface area contributed by atoms with Crippen LogP contribution < -0.4 is 15.5 Å². The zero-order valence-corrected chi connectivity index (χ0v) is 21.6. The highest BCUT2D eigenvalue weighted by Crippen LogP contribution is 2.37. The van der Waals surface area contributed by atoms with Crippen molar-refractivity contribution in [3.63, 3.8) is 0 Å². The lowest BCUT2D eigenvalue weighted by atomic mass is 9.97.